The first-order valence-electron chi connectivity index (χ1n) is 7.07. The molecule has 1 N–H and O–H groups in total. The summed E-state index contributed by atoms with van der Waals surface area (Å²) in [6, 6.07) is 1.60. The number of esters is 1. The minimum absolute atomic E-state index is 0.0104. The average molecular weight is 326 g/mol. The molecule has 1 aromatic heterocycles. The number of hydrogen-bond acceptors (Lipinski definition) is 7. The normalized spacial score (nSPS) is 18.0. The van der Waals surface area contributed by atoms with E-state index in [0.717, 1.165) is 24.6 Å². The highest BCUT2D eigenvalue weighted by Gasteiger charge is 2.25. The van der Waals surface area contributed by atoms with Crippen molar-refractivity contribution in [1.82, 2.24) is 5.16 Å². The van der Waals surface area contributed by atoms with E-state index in [1.165, 1.54) is 0 Å². The maximum atomic E-state index is 11.6. The molecular weight excluding hydrogens is 308 g/mol. The summed E-state index contributed by atoms with van der Waals surface area (Å²) in [5.41, 5.74) is 0. The van der Waals surface area contributed by atoms with Gasteiger partial charge in [-0.1, -0.05) is 5.16 Å². The van der Waals surface area contributed by atoms with Gasteiger partial charge in [0.1, 0.15) is 5.76 Å². The summed E-state index contributed by atoms with van der Waals surface area (Å²) in [5.74, 6) is 0.329. The predicted octanol–water partition coefficient (Wildman–Crippen LogP) is 1.71. The molecule has 7 nitrogen and oxygen atoms in total. The fraction of sp³-hybridized carbons (Fsp3) is 0.571. The number of carbonyl (C=O) groups excluding carboxylic acids is 3. The summed E-state index contributed by atoms with van der Waals surface area (Å²) in [6.07, 6.45) is 2.24. The van der Waals surface area contributed by atoms with Gasteiger partial charge in [-0.25, -0.2) is 0 Å². The van der Waals surface area contributed by atoms with Crippen molar-refractivity contribution in [1.29, 1.82) is 0 Å². The fourth-order valence-electron chi connectivity index (χ4n) is 2.10. The van der Waals surface area contributed by atoms with Crippen molar-refractivity contribution in [2.75, 3.05) is 16.8 Å². The van der Waals surface area contributed by atoms with Crippen molar-refractivity contribution in [3.63, 3.8) is 0 Å². The molecule has 0 bridgehead atoms. The largest absolute Gasteiger partial charge is 0.454 e. The summed E-state index contributed by atoms with van der Waals surface area (Å²) in [6.45, 7) is 1.72. The van der Waals surface area contributed by atoms with Crippen LogP contribution in [0.1, 0.15) is 31.4 Å². The van der Waals surface area contributed by atoms with Gasteiger partial charge in [0, 0.05) is 12.5 Å². The molecule has 0 unspecified atom stereocenters. The SMILES string of the molecule is Cc1cc(NC(=O)CSCC(=O)O[C@@H]2CCCCC2=O)no1. The number of rotatable bonds is 6. The topological polar surface area (TPSA) is 98.5 Å². The van der Waals surface area contributed by atoms with Crippen LogP contribution in [0.2, 0.25) is 0 Å². The fourth-order valence-corrected chi connectivity index (χ4v) is 2.69. The lowest BCUT2D eigenvalue weighted by Crippen LogP contribution is -2.30. The van der Waals surface area contributed by atoms with Crippen molar-refractivity contribution in [3.8, 4) is 0 Å². The number of aromatic nitrogens is 1. The Morgan fingerprint density at radius 1 is 1.45 bits per heavy atom. The van der Waals surface area contributed by atoms with Gasteiger partial charge in [0.15, 0.2) is 17.7 Å². The Hall–Kier alpha value is -1.83. The Labute approximate surface area is 132 Å². The second-order valence-corrected chi connectivity index (χ2v) is 6.04. The molecule has 0 aliphatic heterocycles. The van der Waals surface area contributed by atoms with Crippen molar-refractivity contribution in [3.05, 3.63) is 11.8 Å². The highest BCUT2D eigenvalue weighted by molar-refractivity contribution is 8.00. The average Bonchev–Trinajstić information content (AvgIpc) is 2.86. The van der Waals surface area contributed by atoms with E-state index in [2.05, 4.69) is 10.5 Å². The Morgan fingerprint density at radius 3 is 2.95 bits per heavy atom. The number of aryl methyl sites for hydroxylation is 1. The molecular formula is C14H18N2O5S. The second kappa shape index (κ2) is 7.98. The molecule has 1 aromatic rings. The first-order valence-corrected chi connectivity index (χ1v) is 8.23. The van der Waals surface area contributed by atoms with Gasteiger partial charge in [-0.2, -0.15) is 0 Å². The molecule has 120 valence electrons. The van der Waals surface area contributed by atoms with Crippen LogP contribution in [-0.2, 0) is 19.1 Å². The highest BCUT2D eigenvalue weighted by atomic mass is 32.2. The Bertz CT molecular complexity index is 557. The Morgan fingerprint density at radius 2 is 2.27 bits per heavy atom. The van der Waals surface area contributed by atoms with Crippen LogP contribution in [0, 0.1) is 6.92 Å². The van der Waals surface area contributed by atoms with Crippen molar-refractivity contribution < 1.29 is 23.6 Å². The van der Waals surface area contributed by atoms with E-state index < -0.39 is 12.1 Å². The molecule has 22 heavy (non-hydrogen) atoms. The zero-order valence-corrected chi connectivity index (χ0v) is 13.1. The minimum atomic E-state index is -0.603. The molecule has 0 aromatic carbocycles. The van der Waals surface area contributed by atoms with Crippen molar-refractivity contribution in [2.24, 2.45) is 0 Å². The molecule has 1 amide bonds. The van der Waals surface area contributed by atoms with Gasteiger partial charge in [-0.05, 0) is 26.2 Å². The molecule has 2 rings (SSSR count). The number of anilines is 1. The maximum Gasteiger partial charge on any atom is 0.316 e. The van der Waals surface area contributed by atoms with Gasteiger partial charge in [0.2, 0.25) is 5.91 Å². The number of thioether (sulfide) groups is 1. The van der Waals surface area contributed by atoms with E-state index in [9.17, 15) is 14.4 Å². The molecule has 1 heterocycles. The molecule has 1 aliphatic carbocycles. The number of nitrogens with zero attached hydrogens (tertiary/aromatic N) is 1. The van der Waals surface area contributed by atoms with E-state index in [1.807, 2.05) is 0 Å². The van der Waals surface area contributed by atoms with Gasteiger partial charge >= 0.3 is 5.97 Å². The third-order valence-corrected chi connectivity index (χ3v) is 4.03. The summed E-state index contributed by atoms with van der Waals surface area (Å²) < 4.78 is 9.96. The van der Waals surface area contributed by atoms with E-state index in [1.54, 1.807) is 13.0 Å². The highest BCUT2D eigenvalue weighted by Crippen LogP contribution is 2.18. The number of ketones is 1. The Balaban J connectivity index is 1.64. The number of nitrogens with one attached hydrogen (secondary N) is 1. The second-order valence-electron chi connectivity index (χ2n) is 5.05. The van der Waals surface area contributed by atoms with Gasteiger partial charge in [-0.3, -0.25) is 14.4 Å². The lowest BCUT2D eigenvalue weighted by Gasteiger charge is -2.20. The zero-order valence-electron chi connectivity index (χ0n) is 12.3. The number of amides is 1. The van der Waals surface area contributed by atoms with Gasteiger partial charge in [0.05, 0.1) is 11.5 Å². The lowest BCUT2D eigenvalue weighted by molar-refractivity contribution is -0.154. The molecule has 0 radical (unpaired) electrons. The number of ether oxygens (including phenoxy) is 1. The third-order valence-electron chi connectivity index (χ3n) is 3.12. The zero-order chi connectivity index (χ0) is 15.9. The van der Waals surface area contributed by atoms with Crippen LogP contribution in [0.3, 0.4) is 0 Å². The first kappa shape index (κ1) is 16.5. The van der Waals surface area contributed by atoms with Crippen LogP contribution < -0.4 is 5.32 Å². The predicted molar refractivity (Wildman–Crippen MR) is 80.5 cm³/mol. The van der Waals surface area contributed by atoms with Gasteiger partial charge < -0.3 is 14.6 Å². The van der Waals surface area contributed by atoms with Gasteiger partial charge in [0.25, 0.3) is 0 Å². The minimum Gasteiger partial charge on any atom is -0.454 e. The standard InChI is InChI=1S/C14H18N2O5S/c1-9-6-12(16-21-9)15-13(18)7-22-8-14(19)20-11-5-3-2-4-10(11)17/h6,11H,2-5,7-8H2,1H3,(H,15,16,18)/t11-/m1/s1. The number of carbonyl (C=O) groups is 3. The smallest absolute Gasteiger partial charge is 0.316 e. The van der Waals surface area contributed by atoms with Crippen LogP contribution in [0.5, 0.6) is 0 Å². The van der Waals surface area contributed by atoms with Crippen LogP contribution in [0.4, 0.5) is 5.82 Å². The lowest BCUT2D eigenvalue weighted by atomic mass is 9.96. The molecule has 1 atom stereocenters. The first-order chi connectivity index (χ1) is 10.5. The summed E-state index contributed by atoms with van der Waals surface area (Å²) in [5, 5.41) is 6.19. The summed E-state index contributed by atoms with van der Waals surface area (Å²) in [4.78, 5) is 34.8. The van der Waals surface area contributed by atoms with Crippen molar-refractivity contribution in [2.45, 2.75) is 38.7 Å². The molecule has 1 fully saturated rings. The van der Waals surface area contributed by atoms with Crippen LogP contribution in [-0.4, -0.2) is 40.4 Å². The third kappa shape index (κ3) is 5.18. The number of Topliss-reactive ketones (excluding diaryl/α,β-unsaturated/α-hetero) is 1. The maximum absolute atomic E-state index is 11.6. The number of hydrogen-bond donors (Lipinski definition) is 1. The van der Waals surface area contributed by atoms with E-state index in [4.69, 9.17) is 9.26 Å². The molecule has 0 saturated heterocycles. The van der Waals surface area contributed by atoms with E-state index >= 15 is 0 Å². The monoisotopic (exact) mass is 326 g/mol. The van der Waals surface area contributed by atoms with Crippen molar-refractivity contribution >= 4 is 35.2 Å². The molecule has 1 saturated carbocycles. The van der Waals surface area contributed by atoms with Crippen LogP contribution >= 0.6 is 11.8 Å². The molecule has 0 spiro atoms. The molecule has 1 aliphatic rings. The van der Waals surface area contributed by atoms with Crippen LogP contribution in [0.25, 0.3) is 0 Å². The van der Waals surface area contributed by atoms with Gasteiger partial charge in [-0.15, -0.1) is 11.8 Å². The van der Waals surface area contributed by atoms with Crippen LogP contribution in [0.15, 0.2) is 10.6 Å². The molecule has 8 heteroatoms. The quantitative estimate of drug-likeness (QED) is 0.794. The summed E-state index contributed by atoms with van der Waals surface area (Å²) in [7, 11) is 0. The Kier molecular flexibility index (Phi) is 6.00. The summed E-state index contributed by atoms with van der Waals surface area (Å²) >= 11 is 1.13. The van der Waals surface area contributed by atoms with E-state index in [-0.39, 0.29) is 23.2 Å². The van der Waals surface area contributed by atoms with E-state index in [0.29, 0.717) is 24.4 Å².